The second-order valence-corrected chi connectivity index (χ2v) is 7.74. The Morgan fingerprint density at radius 2 is 2.07 bits per heavy atom. The molecule has 0 aliphatic carbocycles. The van der Waals surface area contributed by atoms with Gasteiger partial charge in [-0.05, 0) is 71.3 Å². The van der Waals surface area contributed by atoms with Gasteiger partial charge < -0.3 is 24.6 Å². The lowest BCUT2D eigenvalue weighted by Crippen LogP contribution is -2.45. The third-order valence-electron chi connectivity index (χ3n) is 4.36. The fourth-order valence-electron chi connectivity index (χ4n) is 3.03. The molecule has 6 nitrogen and oxygen atoms in total. The number of rotatable bonds is 7. The van der Waals surface area contributed by atoms with Gasteiger partial charge in [-0.25, -0.2) is 4.79 Å². The zero-order chi connectivity index (χ0) is 19.2. The molecule has 1 aliphatic heterocycles. The smallest absolute Gasteiger partial charge is 0.407 e. The van der Waals surface area contributed by atoms with Crippen LogP contribution >= 0.6 is 22.6 Å². The maximum Gasteiger partial charge on any atom is 0.407 e. The van der Waals surface area contributed by atoms with Crippen LogP contribution in [0.2, 0.25) is 0 Å². The number of fused-ring (bicyclic) bond motifs is 1. The number of aryl methyl sites for hydroxylation is 1. The van der Waals surface area contributed by atoms with Crippen LogP contribution in [0.25, 0.3) is 0 Å². The Kier molecular flexibility index (Phi) is 6.78. The molecule has 7 heteroatoms. The topological polar surface area (TPSA) is 79.2 Å². The molecule has 144 valence electrons. The van der Waals surface area contributed by atoms with E-state index in [0.29, 0.717) is 5.75 Å². The summed E-state index contributed by atoms with van der Waals surface area (Å²) in [6, 6.07) is 15.1. The highest BCUT2D eigenvalue weighted by atomic mass is 127. The van der Waals surface area contributed by atoms with Crippen LogP contribution in [0, 0.1) is 3.57 Å². The third kappa shape index (κ3) is 5.74. The molecule has 3 rings (SSSR count). The summed E-state index contributed by atoms with van der Waals surface area (Å²) in [5.74, 6) is 1.45. The molecule has 0 saturated heterocycles. The summed E-state index contributed by atoms with van der Waals surface area (Å²) in [7, 11) is 0. The Bertz CT molecular complexity index is 770. The monoisotopic (exact) mass is 483 g/mol. The van der Waals surface area contributed by atoms with Crippen LogP contribution in [-0.2, 0) is 6.42 Å². The van der Waals surface area contributed by atoms with E-state index in [0.717, 1.165) is 27.7 Å². The van der Waals surface area contributed by atoms with E-state index in [1.807, 2.05) is 30.3 Å². The lowest BCUT2D eigenvalue weighted by molar-refractivity contribution is 0.0464. The normalized spacial score (nSPS) is 16.7. The Balaban J connectivity index is 1.53. The zero-order valence-electron chi connectivity index (χ0n) is 14.8. The first-order chi connectivity index (χ1) is 13.0. The average molecular weight is 483 g/mol. The summed E-state index contributed by atoms with van der Waals surface area (Å²) in [6.45, 7) is 0.214. The van der Waals surface area contributed by atoms with Crippen LogP contribution in [0.3, 0.4) is 0 Å². The Hall–Kier alpha value is -2.00. The van der Waals surface area contributed by atoms with Gasteiger partial charge in [0.25, 0.3) is 0 Å². The molecule has 2 aromatic carbocycles. The Morgan fingerprint density at radius 1 is 1.30 bits per heavy atom. The van der Waals surface area contributed by atoms with E-state index < -0.39 is 12.2 Å². The fraction of sp³-hybridized carbons (Fsp3) is 0.350. The molecule has 0 fully saturated rings. The van der Waals surface area contributed by atoms with E-state index >= 15 is 0 Å². The lowest BCUT2D eigenvalue weighted by Gasteiger charge is -2.31. The number of aliphatic hydroxyl groups excluding tert-OH is 1. The van der Waals surface area contributed by atoms with Crippen LogP contribution in [0.1, 0.15) is 12.0 Å². The molecule has 0 saturated carbocycles. The number of carbonyl (C=O) groups is 1. The van der Waals surface area contributed by atoms with E-state index in [9.17, 15) is 15.0 Å². The summed E-state index contributed by atoms with van der Waals surface area (Å²) in [6.07, 6.45) is -0.627. The van der Waals surface area contributed by atoms with Gasteiger partial charge in [-0.2, -0.15) is 0 Å². The number of aliphatic hydroxyl groups is 1. The lowest BCUT2D eigenvalue weighted by atomic mass is 10.0. The number of ether oxygens (including phenoxy) is 2. The predicted molar refractivity (Wildman–Crippen MR) is 109 cm³/mol. The molecule has 1 heterocycles. The van der Waals surface area contributed by atoms with E-state index in [1.54, 1.807) is 12.1 Å². The molecule has 1 amide bonds. The van der Waals surface area contributed by atoms with Crippen LogP contribution in [-0.4, -0.2) is 53.1 Å². The first-order valence-corrected chi connectivity index (χ1v) is 9.88. The second-order valence-electron chi connectivity index (χ2n) is 6.50. The van der Waals surface area contributed by atoms with Crippen LogP contribution in [0.4, 0.5) is 4.79 Å². The molecule has 0 spiro atoms. The maximum atomic E-state index is 11.6. The number of para-hydroxylation sites is 1. The SMILES string of the molecule is O=C(O)N(CC(O)COc1ccccc1)C[C@H]1CCc2cc(I)ccc2O1. The highest BCUT2D eigenvalue weighted by Gasteiger charge is 2.26. The van der Waals surface area contributed by atoms with E-state index in [2.05, 4.69) is 28.7 Å². The minimum Gasteiger partial charge on any atom is -0.491 e. The van der Waals surface area contributed by atoms with Crippen molar-refractivity contribution < 1.29 is 24.5 Å². The first kappa shape index (κ1) is 19.8. The highest BCUT2D eigenvalue weighted by molar-refractivity contribution is 14.1. The van der Waals surface area contributed by atoms with E-state index in [-0.39, 0.29) is 25.8 Å². The summed E-state index contributed by atoms with van der Waals surface area (Å²) in [5.41, 5.74) is 1.15. The number of amides is 1. The summed E-state index contributed by atoms with van der Waals surface area (Å²) >= 11 is 2.26. The Morgan fingerprint density at radius 3 is 2.81 bits per heavy atom. The van der Waals surface area contributed by atoms with E-state index in [4.69, 9.17) is 9.47 Å². The van der Waals surface area contributed by atoms with Crippen LogP contribution in [0.5, 0.6) is 11.5 Å². The number of halogens is 1. The van der Waals surface area contributed by atoms with E-state index in [1.165, 1.54) is 4.90 Å². The minimum atomic E-state index is -1.08. The Labute approximate surface area is 171 Å². The number of nitrogens with zero attached hydrogens (tertiary/aromatic N) is 1. The fourth-order valence-corrected chi connectivity index (χ4v) is 3.59. The predicted octanol–water partition coefficient (Wildman–Crippen LogP) is 3.40. The molecule has 0 aromatic heterocycles. The number of hydrogen-bond acceptors (Lipinski definition) is 4. The van der Waals surface area contributed by atoms with Crippen LogP contribution < -0.4 is 9.47 Å². The van der Waals surface area contributed by atoms with Crippen molar-refractivity contribution in [3.8, 4) is 11.5 Å². The summed E-state index contributed by atoms with van der Waals surface area (Å²) in [4.78, 5) is 12.8. The molecule has 27 heavy (non-hydrogen) atoms. The molecule has 0 bridgehead atoms. The van der Waals surface area contributed by atoms with Crippen molar-refractivity contribution >= 4 is 28.7 Å². The standard InChI is InChI=1S/C20H22INO5/c21-15-7-9-19-14(10-15)6-8-18(27-19)12-22(20(24)25)11-16(23)13-26-17-4-2-1-3-5-17/h1-5,7,9-10,16,18,23H,6,8,11-13H2,(H,24,25)/t16?,18-/m1/s1. The van der Waals surface area contributed by atoms with Gasteiger partial charge in [0.2, 0.25) is 0 Å². The van der Waals surface area contributed by atoms with Gasteiger partial charge >= 0.3 is 6.09 Å². The first-order valence-electron chi connectivity index (χ1n) is 8.80. The molecule has 2 atom stereocenters. The molecular formula is C20H22INO5. The van der Waals surface area contributed by atoms with Gasteiger partial charge in [-0.3, -0.25) is 0 Å². The maximum absolute atomic E-state index is 11.6. The van der Waals surface area contributed by atoms with Gasteiger partial charge in [0.15, 0.2) is 0 Å². The minimum absolute atomic E-state index is 0.0262. The van der Waals surface area contributed by atoms with Crippen molar-refractivity contribution in [1.29, 1.82) is 0 Å². The quantitative estimate of drug-likeness (QED) is 0.591. The van der Waals surface area contributed by atoms with Crippen molar-refractivity contribution in [2.75, 3.05) is 19.7 Å². The summed E-state index contributed by atoms with van der Waals surface area (Å²) < 4.78 is 12.6. The van der Waals surface area contributed by atoms with Crippen molar-refractivity contribution in [1.82, 2.24) is 4.90 Å². The summed E-state index contributed by atoms with van der Waals surface area (Å²) in [5, 5.41) is 19.7. The third-order valence-corrected chi connectivity index (χ3v) is 5.03. The molecule has 2 aromatic rings. The average Bonchev–Trinajstić information content (AvgIpc) is 2.66. The molecule has 2 N–H and O–H groups in total. The molecule has 0 radical (unpaired) electrons. The van der Waals surface area contributed by atoms with Gasteiger partial charge in [0, 0.05) is 3.57 Å². The number of benzene rings is 2. The van der Waals surface area contributed by atoms with Crippen LogP contribution in [0.15, 0.2) is 48.5 Å². The highest BCUT2D eigenvalue weighted by Crippen LogP contribution is 2.29. The number of carboxylic acid groups (broad SMARTS) is 1. The zero-order valence-corrected chi connectivity index (χ0v) is 16.9. The van der Waals surface area contributed by atoms with Gasteiger partial charge in [0.05, 0.1) is 13.1 Å². The largest absolute Gasteiger partial charge is 0.491 e. The van der Waals surface area contributed by atoms with Crippen molar-refractivity contribution in [3.05, 3.63) is 57.7 Å². The van der Waals surface area contributed by atoms with Gasteiger partial charge in [0.1, 0.15) is 30.3 Å². The van der Waals surface area contributed by atoms with Gasteiger partial charge in [-0.1, -0.05) is 18.2 Å². The second kappa shape index (κ2) is 9.27. The van der Waals surface area contributed by atoms with Crippen molar-refractivity contribution in [3.63, 3.8) is 0 Å². The van der Waals surface area contributed by atoms with Crippen molar-refractivity contribution in [2.45, 2.75) is 25.0 Å². The molecule has 1 unspecified atom stereocenters. The number of hydrogen-bond donors (Lipinski definition) is 2. The molecular weight excluding hydrogens is 461 g/mol. The van der Waals surface area contributed by atoms with Gasteiger partial charge in [-0.15, -0.1) is 0 Å². The molecule has 1 aliphatic rings. The van der Waals surface area contributed by atoms with Crippen molar-refractivity contribution in [2.24, 2.45) is 0 Å².